The summed E-state index contributed by atoms with van der Waals surface area (Å²) in [6.07, 6.45) is 4.36. The monoisotopic (exact) mass is 433 g/mol. The van der Waals surface area contributed by atoms with Crippen molar-refractivity contribution in [1.29, 1.82) is 0 Å². The van der Waals surface area contributed by atoms with Gasteiger partial charge in [0.05, 0.1) is 12.8 Å². The van der Waals surface area contributed by atoms with E-state index in [-0.39, 0.29) is 11.5 Å². The van der Waals surface area contributed by atoms with E-state index in [2.05, 4.69) is 15.0 Å². The van der Waals surface area contributed by atoms with E-state index in [1.807, 2.05) is 41.3 Å². The Morgan fingerprint density at radius 2 is 1.69 bits per heavy atom. The molecule has 1 aliphatic heterocycles. The molecule has 8 heteroatoms. The summed E-state index contributed by atoms with van der Waals surface area (Å²) in [7, 11) is 1.66. The second kappa shape index (κ2) is 10.1. The molecule has 4 rings (SSSR count). The molecule has 3 aromatic rings. The van der Waals surface area contributed by atoms with Crippen LogP contribution in [-0.2, 0) is 11.3 Å². The Bertz CT molecular complexity index is 1090. The number of pyridine rings is 1. The molecule has 0 radical (unpaired) electrons. The largest absolute Gasteiger partial charge is 0.497 e. The lowest BCUT2D eigenvalue weighted by atomic mass is 10.2. The summed E-state index contributed by atoms with van der Waals surface area (Å²) in [5.74, 6) is 0.959. The summed E-state index contributed by atoms with van der Waals surface area (Å²) in [4.78, 5) is 33.0. The van der Waals surface area contributed by atoms with E-state index in [0.29, 0.717) is 38.2 Å². The van der Waals surface area contributed by atoms with E-state index >= 15 is 0 Å². The number of ether oxygens (including phenoxy) is 1. The van der Waals surface area contributed by atoms with Gasteiger partial charge in [0.25, 0.3) is 5.56 Å². The minimum absolute atomic E-state index is 0.123. The third-order valence-corrected chi connectivity index (χ3v) is 5.67. The zero-order valence-electron chi connectivity index (χ0n) is 18.2. The molecule has 0 saturated carbocycles. The van der Waals surface area contributed by atoms with Crippen LogP contribution < -0.4 is 15.2 Å². The van der Waals surface area contributed by atoms with Crippen LogP contribution >= 0.6 is 0 Å². The quantitative estimate of drug-likeness (QED) is 0.569. The van der Waals surface area contributed by atoms with Crippen LogP contribution in [0.15, 0.2) is 65.7 Å². The molecule has 0 atom stereocenters. The molecular formula is C24H27N5O3. The first-order valence-electron chi connectivity index (χ1n) is 10.8. The molecule has 32 heavy (non-hydrogen) atoms. The maximum Gasteiger partial charge on any atom is 0.266 e. The van der Waals surface area contributed by atoms with Gasteiger partial charge in [0.2, 0.25) is 5.91 Å². The normalized spacial score (nSPS) is 13.8. The Kier molecular flexibility index (Phi) is 6.79. The van der Waals surface area contributed by atoms with Crippen LogP contribution in [0, 0.1) is 0 Å². The van der Waals surface area contributed by atoms with Gasteiger partial charge < -0.3 is 14.5 Å². The Morgan fingerprint density at radius 1 is 0.969 bits per heavy atom. The average Bonchev–Trinajstić information content (AvgIpc) is 2.86. The van der Waals surface area contributed by atoms with Crippen LogP contribution in [0.1, 0.15) is 12.8 Å². The molecule has 1 saturated heterocycles. The Morgan fingerprint density at radius 3 is 2.38 bits per heavy atom. The van der Waals surface area contributed by atoms with Gasteiger partial charge in [0.1, 0.15) is 5.75 Å². The lowest BCUT2D eigenvalue weighted by molar-refractivity contribution is -0.131. The lowest BCUT2D eigenvalue weighted by Gasteiger charge is -2.36. The second-order valence-electron chi connectivity index (χ2n) is 7.69. The number of carbonyl (C=O) groups excluding carboxylic acids is 1. The summed E-state index contributed by atoms with van der Waals surface area (Å²) in [6, 6.07) is 14.9. The first-order valence-corrected chi connectivity index (χ1v) is 10.8. The van der Waals surface area contributed by atoms with Crippen LogP contribution in [0.5, 0.6) is 5.75 Å². The highest BCUT2D eigenvalue weighted by Gasteiger charge is 2.21. The number of amides is 1. The number of hydrogen-bond donors (Lipinski definition) is 0. The number of aryl methyl sites for hydroxylation is 1. The number of aromatic nitrogens is 3. The molecule has 8 nitrogen and oxygen atoms in total. The van der Waals surface area contributed by atoms with Crippen molar-refractivity contribution >= 4 is 11.6 Å². The van der Waals surface area contributed by atoms with Gasteiger partial charge in [-0.15, -0.1) is 0 Å². The lowest BCUT2D eigenvalue weighted by Crippen LogP contribution is -2.48. The minimum Gasteiger partial charge on any atom is -0.497 e. The third kappa shape index (κ3) is 5.14. The highest BCUT2D eigenvalue weighted by atomic mass is 16.5. The Hall–Kier alpha value is -3.68. The average molecular weight is 434 g/mol. The van der Waals surface area contributed by atoms with Gasteiger partial charge in [-0.2, -0.15) is 5.10 Å². The zero-order valence-corrected chi connectivity index (χ0v) is 18.2. The van der Waals surface area contributed by atoms with Gasteiger partial charge in [-0.25, -0.2) is 4.68 Å². The maximum atomic E-state index is 12.7. The van der Waals surface area contributed by atoms with Crippen molar-refractivity contribution in [2.24, 2.45) is 0 Å². The molecule has 0 bridgehead atoms. The molecule has 166 valence electrons. The fourth-order valence-electron chi connectivity index (χ4n) is 3.83. The summed E-state index contributed by atoms with van der Waals surface area (Å²) in [5, 5.41) is 4.44. The molecule has 0 N–H and O–H groups in total. The summed E-state index contributed by atoms with van der Waals surface area (Å²) >= 11 is 0. The van der Waals surface area contributed by atoms with Crippen molar-refractivity contribution in [3.63, 3.8) is 0 Å². The number of anilines is 1. The molecule has 0 aliphatic carbocycles. The molecular weight excluding hydrogens is 406 g/mol. The standard InChI is InChI=1S/C24H27N5O3/c1-32-21-6-4-20(5-7-21)27-15-17-28(18-16-27)23(30)3-2-14-29-24(31)9-8-22(26-29)19-10-12-25-13-11-19/h4-13H,2-3,14-18H2,1H3. The number of piperazine rings is 1. The number of methoxy groups -OCH3 is 1. The number of nitrogens with zero attached hydrogens (tertiary/aromatic N) is 5. The van der Waals surface area contributed by atoms with E-state index in [1.165, 1.54) is 10.7 Å². The van der Waals surface area contributed by atoms with Crippen LogP contribution in [0.25, 0.3) is 11.3 Å². The number of carbonyl (C=O) groups is 1. The maximum absolute atomic E-state index is 12.7. The van der Waals surface area contributed by atoms with E-state index in [0.717, 1.165) is 30.1 Å². The van der Waals surface area contributed by atoms with Gasteiger partial charge in [-0.1, -0.05) is 0 Å². The van der Waals surface area contributed by atoms with Crippen molar-refractivity contribution in [3.8, 4) is 17.0 Å². The van der Waals surface area contributed by atoms with Crippen molar-refractivity contribution in [3.05, 3.63) is 71.3 Å². The molecule has 1 aliphatic rings. The molecule has 0 spiro atoms. The molecule has 2 aromatic heterocycles. The van der Waals surface area contributed by atoms with Crippen molar-refractivity contribution in [2.75, 3.05) is 38.2 Å². The van der Waals surface area contributed by atoms with Gasteiger partial charge in [-0.05, 0) is 48.9 Å². The molecule has 3 heterocycles. The molecule has 0 unspecified atom stereocenters. The predicted molar refractivity (Wildman–Crippen MR) is 123 cm³/mol. The fraction of sp³-hybridized carbons (Fsp3) is 0.333. The van der Waals surface area contributed by atoms with E-state index in [9.17, 15) is 9.59 Å². The van der Waals surface area contributed by atoms with Crippen molar-refractivity contribution in [2.45, 2.75) is 19.4 Å². The minimum atomic E-state index is -0.164. The topological polar surface area (TPSA) is 80.6 Å². The SMILES string of the molecule is COc1ccc(N2CCN(C(=O)CCCn3nc(-c4ccncc4)ccc3=O)CC2)cc1. The van der Waals surface area contributed by atoms with Crippen LogP contribution in [-0.4, -0.2) is 58.9 Å². The van der Waals surface area contributed by atoms with Crippen LogP contribution in [0.3, 0.4) is 0 Å². The van der Waals surface area contributed by atoms with E-state index in [1.54, 1.807) is 25.6 Å². The highest BCUT2D eigenvalue weighted by molar-refractivity contribution is 5.76. The molecule has 1 fully saturated rings. The van der Waals surface area contributed by atoms with Crippen LogP contribution in [0.2, 0.25) is 0 Å². The Labute approximate surface area is 187 Å². The van der Waals surface area contributed by atoms with Gasteiger partial charge in [0, 0.05) is 68.9 Å². The van der Waals surface area contributed by atoms with E-state index < -0.39 is 0 Å². The fourth-order valence-corrected chi connectivity index (χ4v) is 3.83. The third-order valence-electron chi connectivity index (χ3n) is 5.67. The highest BCUT2D eigenvalue weighted by Crippen LogP contribution is 2.21. The zero-order chi connectivity index (χ0) is 22.3. The first-order chi connectivity index (χ1) is 15.6. The smallest absolute Gasteiger partial charge is 0.266 e. The number of benzene rings is 1. The summed E-state index contributed by atoms with van der Waals surface area (Å²) in [5.41, 5.74) is 2.59. The first kappa shape index (κ1) is 21.5. The second-order valence-corrected chi connectivity index (χ2v) is 7.69. The van der Waals surface area contributed by atoms with Crippen molar-refractivity contribution < 1.29 is 9.53 Å². The Balaban J connectivity index is 1.27. The molecule has 1 aromatic carbocycles. The predicted octanol–water partition coefficient (Wildman–Crippen LogP) is 2.44. The van der Waals surface area contributed by atoms with Crippen LogP contribution in [0.4, 0.5) is 5.69 Å². The molecule has 1 amide bonds. The number of rotatable bonds is 7. The van der Waals surface area contributed by atoms with E-state index in [4.69, 9.17) is 4.74 Å². The summed E-state index contributed by atoms with van der Waals surface area (Å²) < 4.78 is 6.65. The van der Waals surface area contributed by atoms with Gasteiger partial charge in [-0.3, -0.25) is 14.6 Å². The van der Waals surface area contributed by atoms with Gasteiger partial charge in [0.15, 0.2) is 0 Å². The van der Waals surface area contributed by atoms with Crippen molar-refractivity contribution in [1.82, 2.24) is 19.7 Å². The summed E-state index contributed by atoms with van der Waals surface area (Å²) in [6.45, 7) is 3.40. The number of hydrogen-bond acceptors (Lipinski definition) is 6. The van der Waals surface area contributed by atoms with Gasteiger partial charge >= 0.3 is 0 Å².